The number of halogens is 2. The SMILES string of the molecule is CC1CN(Cc2ccc(C(=O)N(CCCN)Cc3ccccc3)cc2)CC(C)O1.Cl.Cl. The van der Waals surface area contributed by atoms with E-state index in [1.807, 2.05) is 35.2 Å². The molecule has 2 unspecified atom stereocenters. The summed E-state index contributed by atoms with van der Waals surface area (Å²) in [7, 11) is 0. The average Bonchev–Trinajstić information content (AvgIpc) is 2.71. The van der Waals surface area contributed by atoms with E-state index in [1.54, 1.807) is 0 Å². The van der Waals surface area contributed by atoms with Crippen molar-refractivity contribution in [2.24, 2.45) is 5.73 Å². The first kappa shape index (κ1) is 27.4. The summed E-state index contributed by atoms with van der Waals surface area (Å²) in [6.45, 7) is 8.84. The molecule has 2 atom stereocenters. The highest BCUT2D eigenvalue weighted by Gasteiger charge is 2.22. The van der Waals surface area contributed by atoms with Gasteiger partial charge in [-0.05, 0) is 50.1 Å². The molecule has 2 aromatic carbocycles. The second kappa shape index (κ2) is 13.7. The van der Waals surface area contributed by atoms with Crippen LogP contribution in [0.25, 0.3) is 0 Å². The lowest BCUT2D eigenvalue weighted by Crippen LogP contribution is -2.44. The number of hydrogen-bond donors (Lipinski definition) is 1. The van der Waals surface area contributed by atoms with E-state index in [4.69, 9.17) is 10.5 Å². The molecule has 1 aliphatic rings. The Hall–Kier alpha value is -1.63. The first-order valence-electron chi connectivity index (χ1n) is 10.5. The van der Waals surface area contributed by atoms with Crippen molar-refractivity contribution >= 4 is 30.7 Å². The number of carbonyl (C=O) groups excluding carboxylic acids is 1. The van der Waals surface area contributed by atoms with Crippen molar-refractivity contribution in [3.63, 3.8) is 0 Å². The quantitative estimate of drug-likeness (QED) is 0.633. The Morgan fingerprint density at radius 2 is 1.61 bits per heavy atom. The molecule has 7 heteroatoms. The normalized spacial score (nSPS) is 18.5. The molecule has 0 aromatic heterocycles. The molecule has 172 valence electrons. The van der Waals surface area contributed by atoms with E-state index in [9.17, 15) is 4.79 Å². The summed E-state index contributed by atoms with van der Waals surface area (Å²) in [4.78, 5) is 17.4. The van der Waals surface area contributed by atoms with E-state index >= 15 is 0 Å². The van der Waals surface area contributed by atoms with Gasteiger partial charge in [-0.3, -0.25) is 9.69 Å². The number of amides is 1. The van der Waals surface area contributed by atoms with Gasteiger partial charge in [-0.15, -0.1) is 24.8 Å². The van der Waals surface area contributed by atoms with Crippen molar-refractivity contribution in [1.29, 1.82) is 0 Å². The third kappa shape index (κ3) is 8.43. The van der Waals surface area contributed by atoms with Crippen LogP contribution in [0.5, 0.6) is 0 Å². The minimum Gasteiger partial charge on any atom is -0.373 e. The summed E-state index contributed by atoms with van der Waals surface area (Å²) < 4.78 is 5.81. The number of morpholine rings is 1. The van der Waals surface area contributed by atoms with Crippen LogP contribution in [0.1, 0.15) is 41.8 Å². The number of rotatable bonds is 8. The second-order valence-electron chi connectivity index (χ2n) is 8.00. The van der Waals surface area contributed by atoms with Gasteiger partial charge in [-0.25, -0.2) is 0 Å². The van der Waals surface area contributed by atoms with Crippen molar-refractivity contribution in [1.82, 2.24) is 9.80 Å². The molecule has 0 radical (unpaired) electrons. The Labute approximate surface area is 198 Å². The third-order valence-corrected chi connectivity index (χ3v) is 5.24. The fourth-order valence-electron chi connectivity index (χ4n) is 3.95. The van der Waals surface area contributed by atoms with Crippen LogP contribution in [-0.4, -0.2) is 54.1 Å². The van der Waals surface area contributed by atoms with Crippen molar-refractivity contribution in [3.05, 3.63) is 71.3 Å². The van der Waals surface area contributed by atoms with Gasteiger partial charge in [0, 0.05) is 38.3 Å². The molecule has 1 heterocycles. The van der Waals surface area contributed by atoms with Crippen molar-refractivity contribution in [2.45, 2.75) is 45.6 Å². The predicted molar refractivity (Wildman–Crippen MR) is 131 cm³/mol. The predicted octanol–water partition coefficient (Wildman–Crippen LogP) is 4.13. The maximum atomic E-state index is 13.1. The van der Waals surface area contributed by atoms with Crippen molar-refractivity contribution in [3.8, 4) is 0 Å². The van der Waals surface area contributed by atoms with Gasteiger partial charge < -0.3 is 15.4 Å². The molecule has 2 N–H and O–H groups in total. The summed E-state index contributed by atoms with van der Waals surface area (Å²) in [5.74, 6) is 0.0578. The van der Waals surface area contributed by atoms with Gasteiger partial charge in [0.25, 0.3) is 5.91 Å². The topological polar surface area (TPSA) is 58.8 Å². The van der Waals surface area contributed by atoms with Crippen LogP contribution in [0, 0.1) is 0 Å². The highest BCUT2D eigenvalue weighted by molar-refractivity contribution is 5.94. The van der Waals surface area contributed by atoms with E-state index in [1.165, 1.54) is 5.56 Å². The number of nitrogens with zero attached hydrogens (tertiary/aromatic N) is 2. The maximum Gasteiger partial charge on any atom is 0.254 e. The van der Waals surface area contributed by atoms with Crippen LogP contribution < -0.4 is 5.73 Å². The fraction of sp³-hybridized carbons (Fsp3) is 0.458. The molecule has 1 fully saturated rings. The van der Waals surface area contributed by atoms with E-state index in [2.05, 4.69) is 43.0 Å². The van der Waals surface area contributed by atoms with Crippen LogP contribution in [-0.2, 0) is 17.8 Å². The molecule has 5 nitrogen and oxygen atoms in total. The van der Waals surface area contributed by atoms with E-state index in [-0.39, 0.29) is 42.9 Å². The molecule has 1 aliphatic heterocycles. The fourth-order valence-corrected chi connectivity index (χ4v) is 3.95. The lowest BCUT2D eigenvalue weighted by molar-refractivity contribution is -0.0704. The highest BCUT2D eigenvalue weighted by atomic mass is 35.5. The smallest absolute Gasteiger partial charge is 0.254 e. The molecule has 0 spiro atoms. The minimum atomic E-state index is 0. The lowest BCUT2D eigenvalue weighted by atomic mass is 10.1. The Bertz CT molecular complexity index is 764. The van der Waals surface area contributed by atoms with Gasteiger partial charge >= 0.3 is 0 Å². The molecule has 1 saturated heterocycles. The number of carbonyl (C=O) groups is 1. The van der Waals surface area contributed by atoms with Crippen LogP contribution in [0.3, 0.4) is 0 Å². The van der Waals surface area contributed by atoms with Gasteiger partial charge in [0.05, 0.1) is 12.2 Å². The standard InChI is InChI=1S/C24H33N3O2.2ClH/c1-19-15-26(16-20(2)29-19)17-22-9-11-23(12-10-22)24(28)27(14-6-13-25)18-21-7-4-3-5-8-21;;/h3-5,7-12,19-20H,6,13-18,25H2,1-2H3;2*1H. The summed E-state index contributed by atoms with van der Waals surface area (Å²) >= 11 is 0. The zero-order valence-electron chi connectivity index (χ0n) is 18.4. The van der Waals surface area contributed by atoms with Crippen LogP contribution >= 0.6 is 24.8 Å². The van der Waals surface area contributed by atoms with E-state index in [0.29, 0.717) is 19.6 Å². The van der Waals surface area contributed by atoms with E-state index in [0.717, 1.165) is 37.2 Å². The van der Waals surface area contributed by atoms with Gasteiger partial charge in [0.15, 0.2) is 0 Å². The van der Waals surface area contributed by atoms with Gasteiger partial charge in [0.1, 0.15) is 0 Å². The number of nitrogens with two attached hydrogens (primary N) is 1. The summed E-state index contributed by atoms with van der Waals surface area (Å²) in [6, 6.07) is 18.1. The molecular weight excluding hydrogens is 433 g/mol. The largest absolute Gasteiger partial charge is 0.373 e. The zero-order valence-corrected chi connectivity index (χ0v) is 20.0. The van der Waals surface area contributed by atoms with Crippen LogP contribution in [0.4, 0.5) is 0 Å². The monoisotopic (exact) mass is 467 g/mol. The van der Waals surface area contributed by atoms with Crippen LogP contribution in [0.15, 0.2) is 54.6 Å². The first-order chi connectivity index (χ1) is 14.0. The number of ether oxygens (including phenoxy) is 1. The molecular formula is C24H35Cl2N3O2. The van der Waals surface area contributed by atoms with Crippen molar-refractivity contribution in [2.75, 3.05) is 26.2 Å². The van der Waals surface area contributed by atoms with E-state index < -0.39 is 0 Å². The Morgan fingerprint density at radius 1 is 1.00 bits per heavy atom. The highest BCUT2D eigenvalue weighted by Crippen LogP contribution is 2.16. The van der Waals surface area contributed by atoms with Gasteiger partial charge in [-0.1, -0.05) is 42.5 Å². The third-order valence-electron chi connectivity index (χ3n) is 5.24. The second-order valence-corrected chi connectivity index (χ2v) is 8.00. The molecule has 3 rings (SSSR count). The Balaban J connectivity index is 0.00000240. The summed E-state index contributed by atoms with van der Waals surface area (Å²) in [5, 5.41) is 0. The van der Waals surface area contributed by atoms with Crippen molar-refractivity contribution < 1.29 is 9.53 Å². The molecule has 0 bridgehead atoms. The first-order valence-corrected chi connectivity index (χ1v) is 10.5. The Kier molecular flexibility index (Phi) is 12.1. The molecule has 31 heavy (non-hydrogen) atoms. The van der Waals surface area contributed by atoms with Gasteiger partial charge in [0.2, 0.25) is 0 Å². The minimum absolute atomic E-state index is 0. The Morgan fingerprint density at radius 3 is 2.19 bits per heavy atom. The van der Waals surface area contributed by atoms with Crippen LogP contribution in [0.2, 0.25) is 0 Å². The maximum absolute atomic E-state index is 13.1. The number of benzene rings is 2. The molecule has 0 aliphatic carbocycles. The number of hydrogen-bond acceptors (Lipinski definition) is 4. The molecule has 0 saturated carbocycles. The molecule has 1 amide bonds. The average molecular weight is 468 g/mol. The lowest BCUT2D eigenvalue weighted by Gasteiger charge is -2.35. The zero-order chi connectivity index (χ0) is 20.6. The summed E-state index contributed by atoms with van der Waals surface area (Å²) in [6.07, 6.45) is 1.31. The molecule has 2 aromatic rings. The van der Waals surface area contributed by atoms with Gasteiger partial charge in [-0.2, -0.15) is 0 Å². The summed E-state index contributed by atoms with van der Waals surface area (Å²) in [5.41, 5.74) is 8.76.